The van der Waals surface area contributed by atoms with Crippen molar-refractivity contribution in [3.05, 3.63) is 23.8 Å². The first-order chi connectivity index (χ1) is 15.0. The Morgan fingerprint density at radius 2 is 2.03 bits per heavy atom. The van der Waals surface area contributed by atoms with E-state index in [1.807, 2.05) is 6.92 Å². The maximum absolute atomic E-state index is 12.5. The lowest BCUT2D eigenvalue weighted by molar-refractivity contribution is -0.145. The fourth-order valence-corrected chi connectivity index (χ4v) is 4.06. The molecular formula is C20H27N3O8S. The zero-order valence-corrected chi connectivity index (χ0v) is 18.6. The van der Waals surface area contributed by atoms with Gasteiger partial charge >= 0.3 is 6.09 Å². The largest absolute Gasteiger partial charge is 0.504 e. The second kappa shape index (κ2) is 9.33. The number of phenols is 2. The smallest absolute Gasteiger partial charge is 0.409 e. The quantitative estimate of drug-likeness (QED) is 0.257. The molecule has 2 unspecified atom stereocenters. The van der Waals surface area contributed by atoms with E-state index < -0.39 is 33.6 Å². The van der Waals surface area contributed by atoms with Crippen LogP contribution in [0, 0.1) is 0 Å². The molecule has 32 heavy (non-hydrogen) atoms. The van der Waals surface area contributed by atoms with E-state index in [0.29, 0.717) is 19.4 Å². The molecule has 12 heteroatoms. The zero-order valence-electron chi connectivity index (χ0n) is 17.8. The number of likely N-dealkylation sites (tertiary alicyclic amines) is 2. The van der Waals surface area contributed by atoms with Crippen molar-refractivity contribution < 1.29 is 38.1 Å². The Bertz CT molecular complexity index is 941. The van der Waals surface area contributed by atoms with E-state index in [1.165, 1.54) is 28.9 Å². The van der Waals surface area contributed by atoms with Crippen molar-refractivity contribution in [2.24, 2.45) is 0 Å². The van der Waals surface area contributed by atoms with Gasteiger partial charge < -0.3 is 34.6 Å². The van der Waals surface area contributed by atoms with Crippen molar-refractivity contribution in [3.63, 3.8) is 0 Å². The molecule has 2 aliphatic rings. The molecule has 4 atom stereocenters. The molecule has 2 aliphatic heterocycles. The Balaban J connectivity index is 1.51. The minimum absolute atomic E-state index is 0.00154. The molecule has 3 amide bonds. The van der Waals surface area contributed by atoms with Crippen LogP contribution in [0.3, 0.4) is 0 Å². The second-order valence-corrected chi connectivity index (χ2v) is 9.92. The van der Waals surface area contributed by atoms with Crippen molar-refractivity contribution in [1.82, 2.24) is 15.1 Å². The van der Waals surface area contributed by atoms with Gasteiger partial charge in [0.25, 0.3) is 5.91 Å². The minimum atomic E-state index is -2.33. The highest BCUT2D eigenvalue weighted by atomic mass is 32.2. The molecule has 2 saturated heterocycles. The van der Waals surface area contributed by atoms with E-state index in [-0.39, 0.29) is 49.0 Å². The molecule has 0 aromatic heterocycles. The molecule has 0 radical (unpaired) electrons. The van der Waals surface area contributed by atoms with Gasteiger partial charge in [-0.1, -0.05) is 0 Å². The molecule has 4 N–H and O–H groups in total. The summed E-state index contributed by atoms with van der Waals surface area (Å²) in [4.78, 5) is 39.4. The number of aromatic hydroxyl groups is 2. The van der Waals surface area contributed by atoms with Crippen LogP contribution in [0.5, 0.6) is 11.5 Å². The fraction of sp³-hybridized carbons (Fsp3) is 0.550. The zero-order chi connectivity index (χ0) is 23.6. The molecule has 1 aromatic carbocycles. The number of ether oxygens (including phenoxy) is 1. The van der Waals surface area contributed by atoms with Crippen LogP contribution < -0.4 is 5.32 Å². The lowest BCUT2D eigenvalue weighted by atomic mass is 10.0. The summed E-state index contributed by atoms with van der Waals surface area (Å²) in [6.45, 7) is 3.49. The molecular weight excluding hydrogens is 442 g/mol. The summed E-state index contributed by atoms with van der Waals surface area (Å²) in [5.41, 5.74) is 0.164. The van der Waals surface area contributed by atoms with Gasteiger partial charge in [-0.3, -0.25) is 9.59 Å². The summed E-state index contributed by atoms with van der Waals surface area (Å²) < 4.78 is 25.6. The fourth-order valence-electron chi connectivity index (χ4n) is 3.65. The maximum Gasteiger partial charge on any atom is 0.409 e. The summed E-state index contributed by atoms with van der Waals surface area (Å²) in [5.74, 6) is -1.31. The molecule has 0 spiro atoms. The topological polar surface area (TPSA) is 157 Å². The lowest BCUT2D eigenvalue weighted by Gasteiger charge is -2.42. The number of β-lactam (4-membered cyclic amide) rings is 1. The number of hydrogen-bond acceptors (Lipinski definition) is 7. The van der Waals surface area contributed by atoms with Crippen molar-refractivity contribution in [2.45, 2.75) is 43.5 Å². The monoisotopic (exact) mass is 469 g/mol. The van der Waals surface area contributed by atoms with Crippen LogP contribution in [-0.4, -0.2) is 89.8 Å². The highest BCUT2D eigenvalue weighted by Crippen LogP contribution is 2.26. The van der Waals surface area contributed by atoms with E-state index in [1.54, 1.807) is 0 Å². The Kier molecular flexibility index (Phi) is 6.94. The molecule has 2 heterocycles. The number of nitrogens with zero attached hydrogens (tertiary/aromatic N) is 2. The molecule has 3 rings (SSSR count). The summed E-state index contributed by atoms with van der Waals surface area (Å²) in [5, 5.41) is 21.6. The van der Waals surface area contributed by atoms with Crippen LogP contribution in [0.15, 0.2) is 18.2 Å². The Hall–Kier alpha value is -2.86. The van der Waals surface area contributed by atoms with Gasteiger partial charge in [-0.15, -0.1) is 0 Å². The van der Waals surface area contributed by atoms with E-state index in [4.69, 9.17) is 4.74 Å². The third-order valence-electron chi connectivity index (χ3n) is 5.77. The average molecular weight is 470 g/mol. The van der Waals surface area contributed by atoms with Gasteiger partial charge in [0.15, 0.2) is 22.6 Å². The number of benzene rings is 1. The highest BCUT2D eigenvalue weighted by Gasteiger charge is 2.43. The molecule has 1 aromatic rings. The first-order valence-electron chi connectivity index (χ1n) is 10.1. The van der Waals surface area contributed by atoms with Crippen molar-refractivity contribution in [2.75, 3.05) is 26.2 Å². The van der Waals surface area contributed by atoms with Gasteiger partial charge in [-0.25, -0.2) is 9.00 Å². The third-order valence-corrected chi connectivity index (χ3v) is 6.86. The van der Waals surface area contributed by atoms with Crippen LogP contribution in [0.1, 0.15) is 37.0 Å². The van der Waals surface area contributed by atoms with E-state index >= 15 is 0 Å². The lowest BCUT2D eigenvalue weighted by Crippen LogP contribution is -2.58. The predicted molar refractivity (Wildman–Crippen MR) is 114 cm³/mol. The highest BCUT2D eigenvalue weighted by molar-refractivity contribution is 7.80. The van der Waals surface area contributed by atoms with Crippen LogP contribution in [0.4, 0.5) is 4.79 Å². The molecule has 0 aliphatic carbocycles. The molecule has 176 valence electrons. The van der Waals surface area contributed by atoms with Gasteiger partial charge in [0.2, 0.25) is 5.91 Å². The SMILES string of the molecule is C[C@@H]1CC(=O)N1C[C@](C)(COC(=O)N1CCC(NC(=O)c2ccc(O)c(O)c2)C1)S(=O)O. The van der Waals surface area contributed by atoms with Gasteiger partial charge in [-0.05, 0) is 38.5 Å². The Morgan fingerprint density at radius 3 is 2.62 bits per heavy atom. The van der Waals surface area contributed by atoms with Crippen LogP contribution >= 0.6 is 0 Å². The first kappa shape index (κ1) is 23.8. The van der Waals surface area contributed by atoms with Gasteiger partial charge in [0.05, 0.1) is 0 Å². The Morgan fingerprint density at radius 1 is 1.31 bits per heavy atom. The van der Waals surface area contributed by atoms with Crippen molar-refractivity contribution in [3.8, 4) is 11.5 Å². The third kappa shape index (κ3) is 5.13. The van der Waals surface area contributed by atoms with Crippen molar-refractivity contribution in [1.29, 1.82) is 0 Å². The number of hydrogen-bond donors (Lipinski definition) is 4. The number of nitrogens with one attached hydrogen (secondary N) is 1. The van der Waals surface area contributed by atoms with E-state index in [0.717, 1.165) is 6.07 Å². The number of carbonyl (C=O) groups is 3. The number of phenolic OH excluding ortho intramolecular Hbond substituents is 2. The minimum Gasteiger partial charge on any atom is -0.504 e. The van der Waals surface area contributed by atoms with Gasteiger partial charge in [0, 0.05) is 43.7 Å². The van der Waals surface area contributed by atoms with Gasteiger partial charge in [-0.2, -0.15) is 0 Å². The van der Waals surface area contributed by atoms with Crippen LogP contribution in [-0.2, 0) is 20.6 Å². The summed E-state index contributed by atoms with van der Waals surface area (Å²) >= 11 is -2.33. The number of rotatable bonds is 7. The van der Waals surface area contributed by atoms with E-state index in [9.17, 15) is 33.4 Å². The number of amides is 3. The second-order valence-electron chi connectivity index (χ2n) is 8.44. The molecule has 0 bridgehead atoms. The first-order valence-corrected chi connectivity index (χ1v) is 11.3. The van der Waals surface area contributed by atoms with E-state index in [2.05, 4.69) is 5.32 Å². The standard InChI is InChI=1S/C20H27N3O8S/c1-12-7-17(26)23(12)10-20(2,32(29)30)11-31-19(28)22-6-5-14(9-22)21-18(27)13-3-4-15(24)16(25)8-13/h3-4,8,12,14,24-25H,5-7,9-11H2,1-2H3,(H,21,27)(H,29,30)/t12-,14?,20-/m1/s1. The average Bonchev–Trinajstić information content (AvgIpc) is 3.20. The summed E-state index contributed by atoms with van der Waals surface area (Å²) in [7, 11) is 0. The maximum atomic E-state index is 12.5. The van der Waals surface area contributed by atoms with Crippen molar-refractivity contribution >= 4 is 29.0 Å². The van der Waals surface area contributed by atoms with Crippen LogP contribution in [0.25, 0.3) is 0 Å². The van der Waals surface area contributed by atoms with Gasteiger partial charge in [0.1, 0.15) is 11.4 Å². The molecule has 11 nitrogen and oxygen atoms in total. The predicted octanol–water partition coefficient (Wildman–Crippen LogP) is 0.640. The normalized spacial score (nSPS) is 23.3. The summed E-state index contributed by atoms with van der Waals surface area (Å²) in [6, 6.07) is 3.35. The molecule has 2 fully saturated rings. The summed E-state index contributed by atoms with van der Waals surface area (Å²) in [6.07, 6.45) is 0.190. The van der Waals surface area contributed by atoms with Crippen LogP contribution in [0.2, 0.25) is 0 Å². The molecule has 0 saturated carbocycles. The number of carbonyl (C=O) groups excluding carboxylic acids is 3. The Labute approximate surface area is 187 Å².